The fraction of sp³-hybridized carbons (Fsp3) is 0.208. The molecule has 0 spiro atoms. The Balaban J connectivity index is 1.62. The Morgan fingerprint density at radius 3 is 2.64 bits per heavy atom. The van der Waals surface area contributed by atoms with E-state index in [0.717, 1.165) is 21.9 Å². The van der Waals surface area contributed by atoms with Crippen molar-refractivity contribution >= 4 is 34.4 Å². The first-order chi connectivity index (χ1) is 13.6. The fourth-order valence-corrected chi connectivity index (χ4v) is 5.21. The maximum atomic E-state index is 12.7. The maximum absolute atomic E-state index is 12.7. The van der Waals surface area contributed by atoms with Crippen LogP contribution in [0.15, 0.2) is 72.3 Å². The highest BCUT2D eigenvalue weighted by Crippen LogP contribution is 2.65. The van der Waals surface area contributed by atoms with Crippen LogP contribution in [0.4, 0.5) is 0 Å². The molecule has 2 aromatic rings. The number of methoxy groups -OCH3 is 1. The van der Waals surface area contributed by atoms with Crippen LogP contribution >= 0.6 is 0 Å². The predicted molar refractivity (Wildman–Crippen MR) is 105 cm³/mol. The molecule has 5 rings (SSSR count). The van der Waals surface area contributed by atoms with Gasteiger partial charge in [-0.25, -0.2) is 0 Å². The quantitative estimate of drug-likeness (QED) is 0.599. The van der Waals surface area contributed by atoms with E-state index in [9.17, 15) is 14.4 Å². The number of esters is 1. The zero-order valence-corrected chi connectivity index (χ0v) is 15.3. The number of hydrogen-bond acceptors (Lipinski definition) is 4. The smallest absolute Gasteiger partial charge is 0.321 e. The highest BCUT2D eigenvalue weighted by molar-refractivity contribution is 6.21. The van der Waals surface area contributed by atoms with Crippen LogP contribution in [0.3, 0.4) is 0 Å². The number of allylic oxidation sites excluding steroid dienone is 5. The van der Waals surface area contributed by atoms with Crippen LogP contribution in [0.1, 0.15) is 5.56 Å². The molecule has 4 heteroatoms. The monoisotopic (exact) mass is 370 g/mol. The molecule has 1 fully saturated rings. The van der Waals surface area contributed by atoms with Crippen molar-refractivity contribution in [2.24, 2.45) is 23.2 Å². The van der Waals surface area contributed by atoms with Crippen LogP contribution in [-0.2, 0) is 19.1 Å². The Bertz CT molecular complexity index is 1130. The standard InChI is InChI=1S/C24H18O4/c1-28-23(27)24-18-10-9-16(21(18)22(24)19(25)11-12-20(24)26)13-15-7-4-6-14-5-2-3-8-17(14)15/h2-13,18,21-22H,1H3/b16-13-/t18-,21+,22-,24+/m1/s1. The van der Waals surface area contributed by atoms with Gasteiger partial charge in [-0.15, -0.1) is 0 Å². The van der Waals surface area contributed by atoms with E-state index in [1.165, 1.54) is 19.3 Å². The summed E-state index contributed by atoms with van der Waals surface area (Å²) in [5.41, 5.74) is 0.622. The number of fused-ring (bicyclic) bond motifs is 5. The van der Waals surface area contributed by atoms with Crippen LogP contribution < -0.4 is 0 Å². The van der Waals surface area contributed by atoms with Gasteiger partial charge in [0.15, 0.2) is 11.6 Å². The SMILES string of the molecule is COC(=O)[C@@]12C(=O)C=CC(=O)[C@@H]1[C@H]1/C(=C\c3cccc4ccccc34)C=C[C@H]12. The highest BCUT2D eigenvalue weighted by Gasteiger charge is 2.74. The molecule has 0 heterocycles. The molecule has 0 amide bonds. The van der Waals surface area contributed by atoms with Gasteiger partial charge in [0.2, 0.25) is 0 Å². The Morgan fingerprint density at radius 2 is 1.82 bits per heavy atom. The van der Waals surface area contributed by atoms with E-state index in [-0.39, 0.29) is 23.4 Å². The molecule has 28 heavy (non-hydrogen) atoms. The minimum Gasteiger partial charge on any atom is -0.468 e. The summed E-state index contributed by atoms with van der Waals surface area (Å²) in [5.74, 6) is -2.34. The summed E-state index contributed by atoms with van der Waals surface area (Å²) in [5, 5.41) is 2.26. The van der Waals surface area contributed by atoms with Crippen molar-refractivity contribution in [2.45, 2.75) is 0 Å². The third-order valence-electron chi connectivity index (χ3n) is 6.43. The lowest BCUT2D eigenvalue weighted by atomic mass is 9.43. The predicted octanol–water partition coefficient (Wildman–Crippen LogP) is 3.52. The van der Waals surface area contributed by atoms with Crippen molar-refractivity contribution in [1.29, 1.82) is 0 Å². The van der Waals surface area contributed by atoms with Gasteiger partial charge in [0, 0.05) is 11.8 Å². The number of hydrogen-bond donors (Lipinski definition) is 0. The van der Waals surface area contributed by atoms with Gasteiger partial charge in [-0.2, -0.15) is 0 Å². The summed E-state index contributed by atoms with van der Waals surface area (Å²) in [6, 6.07) is 14.2. The summed E-state index contributed by atoms with van der Waals surface area (Å²) in [7, 11) is 1.27. The van der Waals surface area contributed by atoms with E-state index in [1.807, 2.05) is 36.4 Å². The van der Waals surface area contributed by atoms with Crippen molar-refractivity contribution in [2.75, 3.05) is 7.11 Å². The van der Waals surface area contributed by atoms with Crippen molar-refractivity contribution in [3.8, 4) is 0 Å². The molecule has 1 saturated carbocycles. The van der Waals surface area contributed by atoms with Crippen molar-refractivity contribution in [1.82, 2.24) is 0 Å². The topological polar surface area (TPSA) is 60.4 Å². The number of ketones is 2. The minimum absolute atomic E-state index is 0.181. The summed E-state index contributed by atoms with van der Waals surface area (Å²) in [4.78, 5) is 38.0. The highest BCUT2D eigenvalue weighted by atomic mass is 16.5. The average Bonchev–Trinajstić information content (AvgIpc) is 3.05. The molecule has 0 saturated heterocycles. The normalized spacial score (nSPS) is 31.6. The lowest BCUT2D eigenvalue weighted by Crippen LogP contribution is -2.67. The molecule has 3 aliphatic rings. The molecule has 0 radical (unpaired) electrons. The van der Waals surface area contributed by atoms with Gasteiger partial charge >= 0.3 is 5.97 Å². The average molecular weight is 370 g/mol. The molecule has 0 bridgehead atoms. The molecule has 138 valence electrons. The number of benzene rings is 2. The first kappa shape index (κ1) is 16.9. The third kappa shape index (κ3) is 1.97. The Labute approximate surface area is 162 Å². The van der Waals surface area contributed by atoms with Crippen LogP contribution in [-0.4, -0.2) is 24.6 Å². The van der Waals surface area contributed by atoms with Crippen LogP contribution in [0.5, 0.6) is 0 Å². The second kappa shape index (κ2) is 5.86. The second-order valence-electron chi connectivity index (χ2n) is 7.56. The van der Waals surface area contributed by atoms with Crippen LogP contribution in [0.25, 0.3) is 16.8 Å². The molecule has 0 N–H and O–H groups in total. The number of ether oxygens (including phenoxy) is 1. The van der Waals surface area contributed by atoms with Gasteiger partial charge in [0.05, 0.1) is 13.0 Å². The van der Waals surface area contributed by atoms with E-state index in [1.54, 1.807) is 0 Å². The molecular weight excluding hydrogens is 352 g/mol. The largest absolute Gasteiger partial charge is 0.468 e. The Hall–Kier alpha value is -3.27. The number of carbonyl (C=O) groups is 3. The van der Waals surface area contributed by atoms with E-state index in [4.69, 9.17) is 4.74 Å². The Morgan fingerprint density at radius 1 is 1.04 bits per heavy atom. The first-order valence-corrected chi connectivity index (χ1v) is 9.31. The van der Waals surface area contributed by atoms with Gasteiger partial charge in [-0.05, 0) is 34.1 Å². The van der Waals surface area contributed by atoms with E-state index >= 15 is 0 Å². The van der Waals surface area contributed by atoms with Crippen LogP contribution in [0, 0.1) is 23.2 Å². The van der Waals surface area contributed by atoms with Gasteiger partial charge in [-0.1, -0.05) is 60.7 Å². The molecular formula is C24H18O4. The van der Waals surface area contributed by atoms with E-state index < -0.39 is 17.3 Å². The molecule has 2 aromatic carbocycles. The minimum atomic E-state index is -1.41. The number of carbonyl (C=O) groups excluding carboxylic acids is 3. The molecule has 0 unspecified atom stereocenters. The van der Waals surface area contributed by atoms with Gasteiger partial charge in [-0.3, -0.25) is 14.4 Å². The van der Waals surface area contributed by atoms with Crippen LogP contribution in [0.2, 0.25) is 0 Å². The zero-order chi connectivity index (χ0) is 19.5. The number of rotatable bonds is 2. The van der Waals surface area contributed by atoms with E-state index in [2.05, 4.69) is 24.3 Å². The fourth-order valence-electron chi connectivity index (χ4n) is 5.21. The lowest BCUT2D eigenvalue weighted by molar-refractivity contribution is -0.184. The zero-order valence-electron chi connectivity index (χ0n) is 15.3. The van der Waals surface area contributed by atoms with Crippen molar-refractivity contribution in [3.05, 3.63) is 77.9 Å². The second-order valence-corrected chi connectivity index (χ2v) is 7.56. The molecule has 0 aromatic heterocycles. The molecule has 3 aliphatic carbocycles. The van der Waals surface area contributed by atoms with Gasteiger partial charge in [0.1, 0.15) is 5.41 Å². The molecule has 0 aliphatic heterocycles. The summed E-state index contributed by atoms with van der Waals surface area (Å²) in [6.45, 7) is 0. The lowest BCUT2D eigenvalue weighted by Gasteiger charge is -2.55. The summed E-state index contributed by atoms with van der Waals surface area (Å²) < 4.78 is 4.95. The summed E-state index contributed by atoms with van der Waals surface area (Å²) >= 11 is 0. The van der Waals surface area contributed by atoms with Crippen molar-refractivity contribution in [3.63, 3.8) is 0 Å². The third-order valence-corrected chi connectivity index (χ3v) is 6.43. The molecule has 4 nitrogen and oxygen atoms in total. The Kier molecular flexibility index (Phi) is 3.53. The van der Waals surface area contributed by atoms with Gasteiger partial charge < -0.3 is 4.74 Å². The summed E-state index contributed by atoms with van der Waals surface area (Å²) in [6.07, 6.45) is 8.44. The first-order valence-electron chi connectivity index (χ1n) is 9.31. The maximum Gasteiger partial charge on any atom is 0.321 e. The van der Waals surface area contributed by atoms with Crippen molar-refractivity contribution < 1.29 is 19.1 Å². The molecule has 4 atom stereocenters. The van der Waals surface area contributed by atoms with E-state index in [0.29, 0.717) is 0 Å². The van der Waals surface area contributed by atoms with Gasteiger partial charge in [0.25, 0.3) is 0 Å².